The van der Waals surface area contributed by atoms with Gasteiger partial charge in [0, 0.05) is 16.7 Å². The Morgan fingerprint density at radius 1 is 1.00 bits per heavy atom. The minimum atomic E-state index is -0.695. The molecule has 0 saturated heterocycles. The van der Waals surface area contributed by atoms with Gasteiger partial charge >= 0.3 is 0 Å². The van der Waals surface area contributed by atoms with Crippen molar-refractivity contribution in [2.75, 3.05) is 6.79 Å². The molecule has 0 atom stereocenters. The quantitative estimate of drug-likeness (QED) is 0.207. The highest BCUT2D eigenvalue weighted by atomic mass is 79.9. The molecule has 0 saturated carbocycles. The Balaban J connectivity index is 1.61. The maximum atomic E-state index is 13.0. The van der Waals surface area contributed by atoms with E-state index in [0.717, 1.165) is 0 Å². The second-order valence-corrected chi connectivity index (χ2v) is 8.66. The van der Waals surface area contributed by atoms with Gasteiger partial charge in [-0.15, -0.1) is 0 Å². The number of nitrogens with one attached hydrogen (secondary N) is 2. The van der Waals surface area contributed by atoms with Gasteiger partial charge in [0.25, 0.3) is 11.8 Å². The van der Waals surface area contributed by atoms with Gasteiger partial charge in [-0.25, -0.2) is 5.43 Å². The fourth-order valence-corrected chi connectivity index (χ4v) is 3.95. The molecule has 0 fully saturated rings. The number of hydrazone groups is 1. The molecule has 4 N–H and O–H groups in total. The lowest BCUT2D eigenvalue weighted by atomic mass is 10.0. The highest BCUT2D eigenvalue weighted by Gasteiger charge is 2.18. The standard InChI is InChI=1S/C26H22BrN3O6/c1-14-18(23(31)15(2)24(32)22(14)27)12-28-30-26(34)19(29-25(33)17-6-4-3-5-7-17)10-16-8-9-20-21(11-16)36-13-35-20/h3-12,31-32H,13H2,1-2H3,(H,29,33)(H,30,34)/b19-10+,28-12-. The van der Waals surface area contributed by atoms with Crippen molar-refractivity contribution >= 4 is 40.0 Å². The van der Waals surface area contributed by atoms with Crippen molar-refractivity contribution in [2.24, 2.45) is 5.10 Å². The van der Waals surface area contributed by atoms with Crippen molar-refractivity contribution in [3.8, 4) is 23.0 Å². The number of hydrogen-bond acceptors (Lipinski definition) is 7. The van der Waals surface area contributed by atoms with E-state index in [1.165, 1.54) is 12.3 Å². The van der Waals surface area contributed by atoms with E-state index in [9.17, 15) is 19.8 Å². The van der Waals surface area contributed by atoms with E-state index in [1.807, 2.05) is 0 Å². The Morgan fingerprint density at radius 3 is 2.47 bits per heavy atom. The van der Waals surface area contributed by atoms with E-state index in [1.54, 1.807) is 62.4 Å². The van der Waals surface area contributed by atoms with Crippen LogP contribution in [0.2, 0.25) is 0 Å². The SMILES string of the molecule is Cc1c(O)c(Br)c(C)c(/C=N\NC(=O)/C(=C\c2ccc3c(c2)OCO3)NC(=O)c2ccccc2)c1O. The average molecular weight is 552 g/mol. The molecule has 0 aliphatic carbocycles. The van der Waals surface area contributed by atoms with Crippen molar-refractivity contribution in [3.63, 3.8) is 0 Å². The number of fused-ring (bicyclic) bond motifs is 1. The molecule has 0 radical (unpaired) electrons. The first-order valence-electron chi connectivity index (χ1n) is 10.8. The summed E-state index contributed by atoms with van der Waals surface area (Å²) < 4.78 is 11.1. The van der Waals surface area contributed by atoms with Gasteiger partial charge in [0.15, 0.2) is 11.5 Å². The van der Waals surface area contributed by atoms with Gasteiger partial charge in [-0.1, -0.05) is 24.3 Å². The Kier molecular flexibility index (Phi) is 7.25. The van der Waals surface area contributed by atoms with E-state index in [2.05, 4.69) is 31.8 Å². The molecule has 9 nitrogen and oxygen atoms in total. The van der Waals surface area contributed by atoms with Gasteiger partial charge in [-0.2, -0.15) is 5.10 Å². The molecule has 2 amide bonds. The molecule has 184 valence electrons. The molecule has 4 rings (SSSR count). The third kappa shape index (κ3) is 5.18. The second-order valence-electron chi connectivity index (χ2n) is 7.86. The van der Waals surface area contributed by atoms with Crippen LogP contribution < -0.4 is 20.2 Å². The first-order chi connectivity index (χ1) is 17.3. The van der Waals surface area contributed by atoms with E-state index < -0.39 is 11.8 Å². The summed E-state index contributed by atoms with van der Waals surface area (Å²) in [6, 6.07) is 13.6. The summed E-state index contributed by atoms with van der Waals surface area (Å²) in [6.45, 7) is 3.34. The average Bonchev–Trinajstić information content (AvgIpc) is 3.36. The third-order valence-corrected chi connectivity index (χ3v) is 6.47. The smallest absolute Gasteiger partial charge is 0.287 e. The van der Waals surface area contributed by atoms with Crippen LogP contribution in [-0.2, 0) is 4.79 Å². The zero-order valence-corrected chi connectivity index (χ0v) is 20.9. The Hall–Kier alpha value is -4.31. The van der Waals surface area contributed by atoms with Crippen LogP contribution in [-0.4, -0.2) is 35.0 Å². The Morgan fingerprint density at radius 2 is 1.72 bits per heavy atom. The van der Waals surface area contributed by atoms with Gasteiger partial charge < -0.3 is 25.0 Å². The molecule has 0 bridgehead atoms. The topological polar surface area (TPSA) is 129 Å². The number of carbonyl (C=O) groups excluding carboxylic acids is 2. The van der Waals surface area contributed by atoms with Crippen molar-refractivity contribution in [1.82, 2.24) is 10.7 Å². The number of carbonyl (C=O) groups is 2. The van der Waals surface area contributed by atoms with E-state index in [-0.39, 0.29) is 29.6 Å². The molecule has 0 unspecified atom stereocenters. The molecule has 1 heterocycles. The molecule has 3 aromatic rings. The van der Waals surface area contributed by atoms with Crippen molar-refractivity contribution in [2.45, 2.75) is 13.8 Å². The number of amides is 2. The number of phenols is 2. The number of ether oxygens (including phenoxy) is 2. The van der Waals surface area contributed by atoms with Crippen molar-refractivity contribution in [3.05, 3.63) is 86.5 Å². The molecule has 10 heteroatoms. The van der Waals surface area contributed by atoms with Crippen LogP contribution in [0.1, 0.15) is 32.6 Å². The molecule has 36 heavy (non-hydrogen) atoms. The summed E-state index contributed by atoms with van der Waals surface area (Å²) in [5.74, 6) is -0.312. The Labute approximate surface area is 215 Å². The number of nitrogens with zero attached hydrogens (tertiary/aromatic N) is 1. The maximum Gasteiger partial charge on any atom is 0.287 e. The van der Waals surface area contributed by atoms with Crippen LogP contribution in [0.25, 0.3) is 6.08 Å². The molecular weight excluding hydrogens is 530 g/mol. The number of halogens is 1. The first-order valence-corrected chi connectivity index (χ1v) is 11.6. The van der Waals surface area contributed by atoms with E-state index in [4.69, 9.17) is 9.47 Å². The lowest BCUT2D eigenvalue weighted by Crippen LogP contribution is -2.32. The summed E-state index contributed by atoms with van der Waals surface area (Å²) in [5, 5.41) is 27.0. The summed E-state index contributed by atoms with van der Waals surface area (Å²) >= 11 is 3.28. The third-order valence-electron chi connectivity index (χ3n) is 5.50. The number of benzene rings is 3. The zero-order valence-electron chi connectivity index (χ0n) is 19.3. The lowest BCUT2D eigenvalue weighted by molar-refractivity contribution is -0.117. The van der Waals surface area contributed by atoms with E-state index >= 15 is 0 Å². The fourth-order valence-electron chi connectivity index (χ4n) is 3.44. The molecule has 1 aliphatic heterocycles. The van der Waals surface area contributed by atoms with Gasteiger partial charge in [-0.05, 0) is 71.2 Å². The summed E-state index contributed by atoms with van der Waals surface area (Å²) in [7, 11) is 0. The second kappa shape index (κ2) is 10.5. The normalized spacial score (nSPS) is 12.6. The highest BCUT2D eigenvalue weighted by Crippen LogP contribution is 2.39. The lowest BCUT2D eigenvalue weighted by Gasteiger charge is -2.12. The minimum absolute atomic E-state index is 0.0659. The van der Waals surface area contributed by atoms with Crippen LogP contribution in [0.15, 0.2) is 63.8 Å². The number of rotatable bonds is 6. The van der Waals surface area contributed by atoms with Crippen LogP contribution >= 0.6 is 15.9 Å². The molecular formula is C26H22BrN3O6. The van der Waals surface area contributed by atoms with Crippen molar-refractivity contribution in [1.29, 1.82) is 0 Å². The van der Waals surface area contributed by atoms with Crippen LogP contribution in [0.4, 0.5) is 0 Å². The van der Waals surface area contributed by atoms with Gasteiger partial charge in [0.2, 0.25) is 6.79 Å². The number of phenolic OH excluding ortho intramolecular Hbond substituents is 2. The molecule has 0 spiro atoms. The molecule has 1 aliphatic rings. The van der Waals surface area contributed by atoms with Gasteiger partial charge in [0.1, 0.15) is 17.2 Å². The fraction of sp³-hybridized carbons (Fsp3) is 0.115. The predicted molar refractivity (Wildman–Crippen MR) is 137 cm³/mol. The summed E-state index contributed by atoms with van der Waals surface area (Å²) in [5.41, 5.74) is 4.37. The summed E-state index contributed by atoms with van der Waals surface area (Å²) in [6.07, 6.45) is 2.74. The van der Waals surface area contributed by atoms with Crippen LogP contribution in [0.5, 0.6) is 23.0 Å². The molecule has 3 aromatic carbocycles. The van der Waals surface area contributed by atoms with Crippen LogP contribution in [0.3, 0.4) is 0 Å². The summed E-state index contributed by atoms with van der Waals surface area (Å²) in [4.78, 5) is 25.8. The monoisotopic (exact) mass is 551 g/mol. The number of aromatic hydroxyl groups is 2. The maximum absolute atomic E-state index is 13.0. The van der Waals surface area contributed by atoms with Gasteiger partial charge in [0.05, 0.1) is 10.7 Å². The zero-order chi connectivity index (χ0) is 25.8. The largest absolute Gasteiger partial charge is 0.507 e. The number of hydrogen-bond donors (Lipinski definition) is 4. The first kappa shape index (κ1) is 24.8. The molecule has 0 aromatic heterocycles. The van der Waals surface area contributed by atoms with Crippen molar-refractivity contribution < 1.29 is 29.3 Å². The highest BCUT2D eigenvalue weighted by molar-refractivity contribution is 9.10. The minimum Gasteiger partial charge on any atom is -0.507 e. The predicted octanol–water partition coefficient (Wildman–Crippen LogP) is 4.13. The van der Waals surface area contributed by atoms with Gasteiger partial charge in [-0.3, -0.25) is 9.59 Å². The Bertz CT molecular complexity index is 1370. The van der Waals surface area contributed by atoms with E-state index in [0.29, 0.717) is 38.2 Å². The van der Waals surface area contributed by atoms with Crippen LogP contribution in [0, 0.1) is 13.8 Å².